The first-order valence-corrected chi connectivity index (χ1v) is 3.57. The third-order valence-electron chi connectivity index (χ3n) is 1.81. The summed E-state index contributed by atoms with van der Waals surface area (Å²) in [5.74, 6) is 0. The maximum absolute atomic E-state index is 9.23. The van der Waals surface area contributed by atoms with E-state index in [0.29, 0.717) is 0 Å². The minimum absolute atomic E-state index is 0.0972. The molecule has 1 fully saturated rings. The molecule has 1 rings (SSSR count). The van der Waals surface area contributed by atoms with E-state index < -0.39 is 0 Å². The lowest BCUT2D eigenvalue weighted by Gasteiger charge is -2.09. The highest BCUT2D eigenvalue weighted by Crippen LogP contribution is 2.19. The Labute approximate surface area is 56.6 Å². The van der Waals surface area contributed by atoms with Crippen molar-refractivity contribution < 1.29 is 9.84 Å². The normalized spacial score (nSPS) is 43.6. The van der Waals surface area contributed by atoms with Gasteiger partial charge in [0.25, 0.3) is 0 Å². The van der Waals surface area contributed by atoms with Gasteiger partial charge in [-0.3, -0.25) is 0 Å². The summed E-state index contributed by atoms with van der Waals surface area (Å²) in [6.07, 6.45) is 1.61. The van der Waals surface area contributed by atoms with Gasteiger partial charge in [-0.15, -0.1) is 0 Å². The monoisotopic (exact) mass is 128 g/mol. The number of hydrogen-bond donors (Lipinski definition) is 1. The predicted molar refractivity (Wildman–Crippen MR) is 38.1 cm³/mol. The Morgan fingerprint density at radius 1 is 1.78 bits per heavy atom. The second kappa shape index (κ2) is 2.71. The fraction of sp³-hybridized carbons (Fsp3) is 1.00. The van der Waals surface area contributed by atoms with Gasteiger partial charge in [0, 0.05) is 6.00 Å². The van der Waals surface area contributed by atoms with E-state index in [1.807, 2.05) is 14.8 Å². The Bertz CT molecular complexity index is 97.1. The minimum atomic E-state index is -0.218. The highest BCUT2D eigenvalue weighted by molar-refractivity contribution is 6.11. The molecule has 9 heavy (non-hydrogen) atoms. The summed E-state index contributed by atoms with van der Waals surface area (Å²) in [4.78, 5) is 0. The molecule has 0 aromatic rings. The molecule has 1 heterocycles. The highest BCUT2D eigenvalue weighted by Gasteiger charge is 2.29. The quantitative estimate of drug-likeness (QED) is 0.482. The summed E-state index contributed by atoms with van der Waals surface area (Å²) in [6, 6.07) is 0.255. The van der Waals surface area contributed by atoms with Crippen LogP contribution in [0.5, 0.6) is 0 Å². The molecule has 1 aliphatic rings. The van der Waals surface area contributed by atoms with Crippen LogP contribution in [0.25, 0.3) is 0 Å². The third-order valence-corrected chi connectivity index (χ3v) is 1.81. The molecule has 0 unspecified atom stereocenters. The maximum Gasteiger partial charge on any atom is 0.139 e. The van der Waals surface area contributed by atoms with Gasteiger partial charge in [0.05, 0.1) is 12.2 Å². The van der Waals surface area contributed by atoms with Gasteiger partial charge in [0.2, 0.25) is 0 Å². The summed E-state index contributed by atoms with van der Waals surface area (Å²) in [5, 5.41) is 9.23. The number of ether oxygens (including phenoxy) is 1. The molecule has 52 valence electrons. The average molecular weight is 128 g/mol. The molecule has 1 N–H and O–H groups in total. The second-order valence-electron chi connectivity index (χ2n) is 2.70. The first kappa shape index (κ1) is 7.10. The van der Waals surface area contributed by atoms with Gasteiger partial charge in [0.15, 0.2) is 0 Å². The van der Waals surface area contributed by atoms with Gasteiger partial charge in [-0.05, 0) is 12.8 Å². The van der Waals surface area contributed by atoms with Gasteiger partial charge < -0.3 is 9.84 Å². The van der Waals surface area contributed by atoms with Crippen molar-refractivity contribution in [1.29, 1.82) is 0 Å². The summed E-state index contributed by atoms with van der Waals surface area (Å²) < 4.78 is 5.37. The molecule has 1 saturated heterocycles. The summed E-state index contributed by atoms with van der Waals surface area (Å²) in [6.45, 7) is 2.03. The molecule has 0 amide bonds. The zero-order chi connectivity index (χ0) is 6.85. The van der Waals surface area contributed by atoms with E-state index in [2.05, 4.69) is 0 Å². The number of aliphatic hydroxyl groups excluding tert-OH is 1. The van der Waals surface area contributed by atoms with Gasteiger partial charge in [-0.2, -0.15) is 0 Å². The number of hydrogen-bond acceptors (Lipinski definition) is 2. The van der Waals surface area contributed by atoms with E-state index in [4.69, 9.17) is 4.74 Å². The standard InChI is InChI=1S/C6H13BO2/c1-2-5-4(8)3-6(7)9-5/h4-6,8H,2-3,7H2,1H3/t4-,5-,6-/m0/s1. The molecular weight excluding hydrogens is 115 g/mol. The van der Waals surface area contributed by atoms with Crippen LogP contribution in [0.1, 0.15) is 19.8 Å². The molecule has 2 nitrogen and oxygen atoms in total. The SMILES string of the molecule is B[C@@H]1C[C@H](O)[C@H](CC)O1. The molecule has 3 atom stereocenters. The Balaban J connectivity index is 2.38. The minimum Gasteiger partial charge on any atom is -0.390 e. The van der Waals surface area contributed by atoms with Crippen molar-refractivity contribution >= 4 is 7.85 Å². The fourth-order valence-electron chi connectivity index (χ4n) is 1.30. The van der Waals surface area contributed by atoms with Gasteiger partial charge in [-0.25, -0.2) is 0 Å². The van der Waals surface area contributed by atoms with Gasteiger partial charge in [-0.1, -0.05) is 6.92 Å². The van der Waals surface area contributed by atoms with Crippen molar-refractivity contribution in [1.82, 2.24) is 0 Å². The van der Waals surface area contributed by atoms with Crippen molar-refractivity contribution in [2.24, 2.45) is 0 Å². The topological polar surface area (TPSA) is 29.5 Å². The molecule has 0 aromatic heterocycles. The predicted octanol–water partition coefficient (Wildman–Crippen LogP) is -0.495. The first-order chi connectivity index (χ1) is 4.24. The second-order valence-corrected chi connectivity index (χ2v) is 2.70. The van der Waals surface area contributed by atoms with Crippen LogP contribution in [0.4, 0.5) is 0 Å². The van der Waals surface area contributed by atoms with Crippen LogP contribution in [0.3, 0.4) is 0 Å². The summed E-state index contributed by atoms with van der Waals surface area (Å²) >= 11 is 0. The van der Waals surface area contributed by atoms with Crippen molar-refractivity contribution in [2.45, 2.75) is 38.0 Å². The number of aliphatic hydroxyl groups is 1. The molecular formula is C6H13BO2. The first-order valence-electron chi connectivity index (χ1n) is 3.57. The molecule has 1 aliphatic heterocycles. The third kappa shape index (κ3) is 1.46. The Morgan fingerprint density at radius 2 is 2.44 bits per heavy atom. The van der Waals surface area contributed by atoms with E-state index in [9.17, 15) is 5.11 Å². The van der Waals surface area contributed by atoms with Gasteiger partial charge >= 0.3 is 0 Å². The fourth-order valence-corrected chi connectivity index (χ4v) is 1.30. The average Bonchev–Trinajstić information content (AvgIpc) is 2.10. The zero-order valence-corrected chi connectivity index (χ0v) is 6.00. The Morgan fingerprint density at radius 3 is 2.67 bits per heavy atom. The molecule has 0 saturated carbocycles. The van der Waals surface area contributed by atoms with Crippen molar-refractivity contribution in [3.63, 3.8) is 0 Å². The maximum atomic E-state index is 9.23. The Hall–Kier alpha value is -0.0151. The molecule has 0 spiro atoms. The molecule has 0 aromatic carbocycles. The van der Waals surface area contributed by atoms with Crippen LogP contribution in [0, 0.1) is 0 Å². The van der Waals surface area contributed by atoms with Crippen LogP contribution < -0.4 is 0 Å². The van der Waals surface area contributed by atoms with Crippen molar-refractivity contribution in [2.75, 3.05) is 0 Å². The highest BCUT2D eigenvalue weighted by atomic mass is 16.5. The number of rotatable bonds is 1. The van der Waals surface area contributed by atoms with E-state index in [1.54, 1.807) is 0 Å². The molecule has 3 heteroatoms. The molecule has 0 radical (unpaired) electrons. The van der Waals surface area contributed by atoms with Crippen molar-refractivity contribution in [3.8, 4) is 0 Å². The van der Waals surface area contributed by atoms with Crippen LogP contribution >= 0.6 is 0 Å². The van der Waals surface area contributed by atoms with Gasteiger partial charge in [0.1, 0.15) is 7.85 Å². The van der Waals surface area contributed by atoms with E-state index in [1.165, 1.54) is 0 Å². The lowest BCUT2D eigenvalue weighted by molar-refractivity contribution is 0.0305. The van der Waals surface area contributed by atoms with Crippen LogP contribution in [-0.4, -0.2) is 31.2 Å². The van der Waals surface area contributed by atoms with Crippen LogP contribution in [0.2, 0.25) is 0 Å². The van der Waals surface area contributed by atoms with E-state index >= 15 is 0 Å². The van der Waals surface area contributed by atoms with E-state index in [0.717, 1.165) is 12.8 Å². The molecule has 0 aliphatic carbocycles. The van der Waals surface area contributed by atoms with Crippen molar-refractivity contribution in [3.05, 3.63) is 0 Å². The Kier molecular flexibility index (Phi) is 2.14. The van der Waals surface area contributed by atoms with E-state index in [-0.39, 0.29) is 18.2 Å². The smallest absolute Gasteiger partial charge is 0.139 e. The lowest BCUT2D eigenvalue weighted by atomic mass is 9.96. The van der Waals surface area contributed by atoms with Crippen LogP contribution in [0.15, 0.2) is 0 Å². The van der Waals surface area contributed by atoms with Crippen LogP contribution in [-0.2, 0) is 4.74 Å². The largest absolute Gasteiger partial charge is 0.390 e. The summed E-state index contributed by atoms with van der Waals surface area (Å²) in [5.41, 5.74) is 0. The molecule has 0 bridgehead atoms. The summed E-state index contributed by atoms with van der Waals surface area (Å²) in [7, 11) is 2.00. The zero-order valence-electron chi connectivity index (χ0n) is 6.00. The lowest BCUT2D eigenvalue weighted by Crippen LogP contribution is -2.19.